The van der Waals surface area contributed by atoms with Gasteiger partial charge in [-0.3, -0.25) is 4.79 Å². The molecule has 0 aromatic heterocycles. The van der Waals surface area contributed by atoms with Crippen LogP contribution in [0.4, 0.5) is 0 Å². The molecule has 1 amide bonds. The van der Waals surface area contributed by atoms with Crippen LogP contribution in [0.25, 0.3) is 0 Å². The van der Waals surface area contributed by atoms with Gasteiger partial charge in [-0.05, 0) is 47.6 Å². The zero-order chi connectivity index (χ0) is 20.1. The van der Waals surface area contributed by atoms with Gasteiger partial charge in [0, 0.05) is 4.47 Å². The van der Waals surface area contributed by atoms with Gasteiger partial charge in [-0.25, -0.2) is 0 Å². The Morgan fingerprint density at radius 2 is 1.28 bits per heavy atom. The Balaban J connectivity index is 1.66. The minimum Gasteiger partial charge on any atom is -0.345 e. The first-order valence-electron chi connectivity index (χ1n) is 10.4. The molecule has 3 aromatic rings. The third kappa shape index (κ3) is 4.79. The summed E-state index contributed by atoms with van der Waals surface area (Å²) in [6.45, 7) is 0. The lowest BCUT2D eigenvalue weighted by Gasteiger charge is -2.27. The summed E-state index contributed by atoms with van der Waals surface area (Å²) in [5, 5.41) is 3.39. The lowest BCUT2D eigenvalue weighted by molar-refractivity contribution is -0.124. The summed E-state index contributed by atoms with van der Waals surface area (Å²) in [5.74, 6) is 0.443. The van der Waals surface area contributed by atoms with Crippen molar-refractivity contribution in [3.8, 4) is 0 Å². The predicted molar refractivity (Wildman–Crippen MR) is 122 cm³/mol. The number of benzene rings is 3. The first-order chi connectivity index (χ1) is 14.2. The van der Waals surface area contributed by atoms with Crippen molar-refractivity contribution in [1.82, 2.24) is 5.32 Å². The summed E-state index contributed by atoms with van der Waals surface area (Å²) in [6, 6.07) is 28.6. The number of hydrogen-bond donors (Lipinski definition) is 1. The van der Waals surface area contributed by atoms with Crippen LogP contribution in [0.15, 0.2) is 89.4 Å². The second-order valence-corrected chi connectivity index (χ2v) is 8.75. The van der Waals surface area contributed by atoms with Crippen LogP contribution in [0.1, 0.15) is 54.3 Å². The highest BCUT2D eigenvalue weighted by Gasteiger charge is 2.33. The maximum Gasteiger partial charge on any atom is 0.228 e. The fourth-order valence-corrected chi connectivity index (χ4v) is 4.74. The highest BCUT2D eigenvalue weighted by atomic mass is 79.9. The van der Waals surface area contributed by atoms with Crippen LogP contribution in [-0.4, -0.2) is 5.91 Å². The quantitative estimate of drug-likeness (QED) is 0.451. The molecule has 0 saturated heterocycles. The fourth-order valence-electron chi connectivity index (χ4n) is 4.48. The molecular weight excluding hydrogens is 422 g/mol. The number of nitrogens with one attached hydrogen (secondary N) is 1. The lowest BCUT2D eigenvalue weighted by atomic mass is 9.83. The molecule has 148 valence electrons. The Bertz CT molecular complexity index is 918. The third-order valence-corrected chi connectivity index (χ3v) is 6.46. The largest absolute Gasteiger partial charge is 0.345 e. The van der Waals surface area contributed by atoms with Crippen LogP contribution in [0.2, 0.25) is 0 Å². The molecule has 1 aliphatic carbocycles. The van der Waals surface area contributed by atoms with E-state index in [1.807, 2.05) is 48.5 Å². The van der Waals surface area contributed by atoms with Crippen LogP contribution < -0.4 is 5.32 Å². The van der Waals surface area contributed by atoms with Crippen molar-refractivity contribution < 1.29 is 4.79 Å². The zero-order valence-electron chi connectivity index (χ0n) is 16.4. The van der Waals surface area contributed by atoms with Gasteiger partial charge in [0.2, 0.25) is 5.91 Å². The van der Waals surface area contributed by atoms with Crippen LogP contribution >= 0.6 is 15.9 Å². The first-order valence-corrected chi connectivity index (χ1v) is 11.2. The van der Waals surface area contributed by atoms with Crippen LogP contribution in [0.3, 0.4) is 0 Å². The standard InChI is InChI=1S/C26H26BrNO/c27-23-17-15-22(16-18-23)25(21-13-5-2-6-14-21)28-26(29)24(20-11-7-8-12-20)19-9-3-1-4-10-19/h1-6,9-10,13-18,20,24-25H,7-8,11-12H2,(H,28,29)/t24-,25+/m0/s1. The number of amides is 1. The predicted octanol–water partition coefficient (Wildman–Crippen LogP) is 6.63. The van der Waals surface area contributed by atoms with E-state index in [0.29, 0.717) is 5.92 Å². The summed E-state index contributed by atoms with van der Waals surface area (Å²) in [6.07, 6.45) is 4.69. The van der Waals surface area contributed by atoms with Crippen molar-refractivity contribution in [3.63, 3.8) is 0 Å². The van der Waals surface area contributed by atoms with Crippen LogP contribution in [-0.2, 0) is 4.79 Å². The van der Waals surface area contributed by atoms with Gasteiger partial charge in [0.05, 0.1) is 12.0 Å². The number of halogens is 1. The second kappa shape index (κ2) is 9.41. The van der Waals surface area contributed by atoms with Crippen molar-refractivity contribution in [2.45, 2.75) is 37.6 Å². The van der Waals surface area contributed by atoms with Crippen molar-refractivity contribution in [1.29, 1.82) is 0 Å². The number of rotatable bonds is 6. The molecule has 29 heavy (non-hydrogen) atoms. The number of carbonyl (C=O) groups excluding carboxylic acids is 1. The van der Waals surface area contributed by atoms with Gasteiger partial charge in [-0.1, -0.05) is 102 Å². The van der Waals surface area contributed by atoms with Gasteiger partial charge in [-0.2, -0.15) is 0 Å². The minimum absolute atomic E-state index is 0.0969. The average Bonchev–Trinajstić information content (AvgIpc) is 3.29. The van der Waals surface area contributed by atoms with E-state index in [1.165, 1.54) is 12.8 Å². The molecule has 0 unspecified atom stereocenters. The number of hydrogen-bond acceptors (Lipinski definition) is 1. The summed E-state index contributed by atoms with van der Waals surface area (Å²) in [7, 11) is 0. The SMILES string of the molecule is O=C(N[C@H](c1ccccc1)c1ccc(Br)cc1)[C@@H](c1ccccc1)C1CCCC1. The van der Waals surface area contributed by atoms with E-state index in [1.54, 1.807) is 0 Å². The van der Waals surface area contributed by atoms with Crippen molar-refractivity contribution in [2.24, 2.45) is 5.92 Å². The van der Waals surface area contributed by atoms with E-state index in [2.05, 4.69) is 57.6 Å². The maximum atomic E-state index is 13.6. The van der Waals surface area contributed by atoms with Crippen LogP contribution in [0.5, 0.6) is 0 Å². The Morgan fingerprint density at radius 3 is 1.86 bits per heavy atom. The zero-order valence-corrected chi connectivity index (χ0v) is 18.0. The van der Waals surface area contributed by atoms with E-state index < -0.39 is 0 Å². The second-order valence-electron chi connectivity index (χ2n) is 7.84. The Morgan fingerprint density at radius 1 is 0.759 bits per heavy atom. The molecule has 0 bridgehead atoms. The fraction of sp³-hybridized carbons (Fsp3) is 0.269. The summed E-state index contributed by atoms with van der Waals surface area (Å²) < 4.78 is 1.03. The maximum absolute atomic E-state index is 13.6. The molecule has 1 N–H and O–H groups in total. The van der Waals surface area contributed by atoms with Gasteiger partial charge in [0.15, 0.2) is 0 Å². The van der Waals surface area contributed by atoms with Crippen molar-refractivity contribution in [2.75, 3.05) is 0 Å². The lowest BCUT2D eigenvalue weighted by Crippen LogP contribution is -2.36. The smallest absolute Gasteiger partial charge is 0.228 e. The molecular formula is C26H26BrNO. The van der Waals surface area contributed by atoms with Gasteiger partial charge >= 0.3 is 0 Å². The van der Waals surface area contributed by atoms with E-state index >= 15 is 0 Å². The van der Waals surface area contributed by atoms with Crippen molar-refractivity contribution in [3.05, 3.63) is 106 Å². The third-order valence-electron chi connectivity index (χ3n) is 5.94. The molecule has 0 aliphatic heterocycles. The Hall–Kier alpha value is -2.39. The Kier molecular flexibility index (Phi) is 6.46. The highest BCUT2D eigenvalue weighted by molar-refractivity contribution is 9.10. The molecule has 0 heterocycles. The monoisotopic (exact) mass is 447 g/mol. The highest BCUT2D eigenvalue weighted by Crippen LogP contribution is 2.38. The van der Waals surface area contributed by atoms with Gasteiger partial charge < -0.3 is 5.32 Å². The molecule has 0 radical (unpaired) electrons. The van der Waals surface area contributed by atoms with Crippen molar-refractivity contribution >= 4 is 21.8 Å². The summed E-state index contributed by atoms with van der Waals surface area (Å²) >= 11 is 3.51. The number of carbonyl (C=O) groups is 1. The molecule has 2 atom stereocenters. The van der Waals surface area contributed by atoms with Gasteiger partial charge in [0.25, 0.3) is 0 Å². The molecule has 4 rings (SSSR count). The topological polar surface area (TPSA) is 29.1 Å². The normalized spacial score (nSPS) is 16.3. The molecule has 2 nitrogen and oxygen atoms in total. The molecule has 3 aromatic carbocycles. The molecule has 1 fully saturated rings. The molecule has 1 aliphatic rings. The first kappa shape index (κ1) is 19.9. The van der Waals surface area contributed by atoms with E-state index in [4.69, 9.17) is 0 Å². The average molecular weight is 448 g/mol. The summed E-state index contributed by atoms with van der Waals surface area (Å²) in [5.41, 5.74) is 3.31. The van der Waals surface area contributed by atoms with E-state index in [0.717, 1.165) is 34.0 Å². The summed E-state index contributed by atoms with van der Waals surface area (Å²) in [4.78, 5) is 13.6. The minimum atomic E-state index is -0.163. The Labute approximate surface area is 181 Å². The van der Waals surface area contributed by atoms with Gasteiger partial charge in [0.1, 0.15) is 0 Å². The van der Waals surface area contributed by atoms with E-state index in [-0.39, 0.29) is 17.9 Å². The molecule has 1 saturated carbocycles. The molecule has 3 heteroatoms. The molecule has 0 spiro atoms. The van der Waals surface area contributed by atoms with E-state index in [9.17, 15) is 4.79 Å². The van der Waals surface area contributed by atoms with Crippen LogP contribution in [0, 0.1) is 5.92 Å². The van der Waals surface area contributed by atoms with Gasteiger partial charge in [-0.15, -0.1) is 0 Å².